The summed E-state index contributed by atoms with van der Waals surface area (Å²) in [6.07, 6.45) is 2.97. The number of piperidine rings is 1. The summed E-state index contributed by atoms with van der Waals surface area (Å²) in [6, 6.07) is 0.164. The number of hydrogen-bond donors (Lipinski definition) is 1. The van der Waals surface area contributed by atoms with Crippen molar-refractivity contribution in [3.8, 4) is 0 Å². The van der Waals surface area contributed by atoms with Crippen molar-refractivity contribution in [1.29, 1.82) is 0 Å². The Bertz CT molecular complexity index is 324. The van der Waals surface area contributed by atoms with E-state index in [1.54, 1.807) is 4.31 Å². The van der Waals surface area contributed by atoms with Crippen LogP contribution in [0.5, 0.6) is 0 Å². The second kappa shape index (κ2) is 4.03. The van der Waals surface area contributed by atoms with Crippen molar-refractivity contribution in [1.82, 2.24) is 4.31 Å². The van der Waals surface area contributed by atoms with Crippen LogP contribution in [0.15, 0.2) is 0 Å². The molecule has 2 atom stereocenters. The Morgan fingerprint density at radius 1 is 1.33 bits per heavy atom. The molecule has 2 N–H and O–H groups in total. The average molecular weight is 232 g/mol. The normalized spacial score (nSPS) is 34.3. The molecule has 2 fully saturated rings. The molecule has 0 aromatic rings. The van der Waals surface area contributed by atoms with Crippen LogP contribution in [-0.4, -0.2) is 37.6 Å². The van der Waals surface area contributed by atoms with Gasteiger partial charge in [0.2, 0.25) is 10.0 Å². The lowest BCUT2D eigenvalue weighted by molar-refractivity contribution is 0.250. The summed E-state index contributed by atoms with van der Waals surface area (Å²) in [5.74, 6) is 1.07. The molecule has 1 aliphatic carbocycles. The van der Waals surface area contributed by atoms with Crippen molar-refractivity contribution in [3.63, 3.8) is 0 Å². The van der Waals surface area contributed by atoms with Crippen LogP contribution in [0.4, 0.5) is 0 Å². The van der Waals surface area contributed by atoms with Crippen LogP contribution >= 0.6 is 0 Å². The molecule has 2 rings (SSSR count). The van der Waals surface area contributed by atoms with Gasteiger partial charge >= 0.3 is 0 Å². The van der Waals surface area contributed by atoms with Crippen molar-refractivity contribution < 1.29 is 8.42 Å². The van der Waals surface area contributed by atoms with Gasteiger partial charge in [-0.25, -0.2) is 12.7 Å². The lowest BCUT2D eigenvalue weighted by atomic mass is 9.96. The molecule has 0 amide bonds. The second-order valence-electron chi connectivity index (χ2n) is 5.01. The van der Waals surface area contributed by atoms with E-state index < -0.39 is 10.0 Å². The Labute approximate surface area is 91.9 Å². The molecule has 0 radical (unpaired) electrons. The summed E-state index contributed by atoms with van der Waals surface area (Å²) in [7, 11) is -3.00. The van der Waals surface area contributed by atoms with Gasteiger partial charge in [-0.15, -0.1) is 0 Å². The van der Waals surface area contributed by atoms with Crippen LogP contribution in [0.2, 0.25) is 0 Å². The van der Waals surface area contributed by atoms with Crippen molar-refractivity contribution >= 4 is 10.0 Å². The first kappa shape index (κ1) is 11.4. The molecule has 0 aromatic heterocycles. The van der Waals surface area contributed by atoms with E-state index in [0.717, 1.165) is 19.3 Å². The van der Waals surface area contributed by atoms with Crippen molar-refractivity contribution in [2.45, 2.75) is 32.2 Å². The van der Waals surface area contributed by atoms with Crippen molar-refractivity contribution in [2.75, 3.05) is 18.8 Å². The van der Waals surface area contributed by atoms with E-state index in [2.05, 4.69) is 0 Å². The Balaban J connectivity index is 1.97. The standard InChI is InChI=1S/C10H20N2O2S/c1-8-6-12(5-4-10(8)11)15(13,14)7-9-2-3-9/h8-10H,2-7,11H2,1H3. The molecule has 1 heterocycles. The fourth-order valence-electron chi connectivity index (χ4n) is 2.07. The maximum absolute atomic E-state index is 12.0. The molecule has 5 heteroatoms. The van der Waals surface area contributed by atoms with Gasteiger partial charge in [-0.1, -0.05) is 6.92 Å². The van der Waals surface area contributed by atoms with Gasteiger partial charge in [0.05, 0.1) is 5.75 Å². The molecule has 15 heavy (non-hydrogen) atoms. The van der Waals surface area contributed by atoms with E-state index in [-0.39, 0.29) is 12.0 Å². The Hall–Kier alpha value is -0.130. The molecule has 1 saturated heterocycles. The highest BCUT2D eigenvalue weighted by Gasteiger charge is 2.35. The van der Waals surface area contributed by atoms with Crippen LogP contribution in [-0.2, 0) is 10.0 Å². The lowest BCUT2D eigenvalue weighted by Crippen LogP contribution is -2.48. The average Bonchev–Trinajstić information content (AvgIpc) is 2.92. The Morgan fingerprint density at radius 2 is 2.00 bits per heavy atom. The first-order valence-corrected chi connectivity index (χ1v) is 7.33. The van der Waals surface area contributed by atoms with Crippen molar-refractivity contribution in [2.24, 2.45) is 17.6 Å². The summed E-state index contributed by atoms with van der Waals surface area (Å²) in [4.78, 5) is 0. The highest BCUT2D eigenvalue weighted by Crippen LogP contribution is 2.32. The first-order valence-electron chi connectivity index (χ1n) is 5.72. The molecular weight excluding hydrogens is 212 g/mol. The van der Waals surface area contributed by atoms with Crippen LogP contribution in [0.1, 0.15) is 26.2 Å². The van der Waals surface area contributed by atoms with Crippen LogP contribution in [0, 0.1) is 11.8 Å². The Kier molecular flexibility index (Phi) is 3.05. The minimum absolute atomic E-state index is 0.164. The summed E-state index contributed by atoms with van der Waals surface area (Å²) < 4.78 is 25.6. The maximum Gasteiger partial charge on any atom is 0.214 e. The molecular formula is C10H20N2O2S. The molecule has 4 nitrogen and oxygen atoms in total. The first-order chi connectivity index (χ1) is 6.99. The molecule has 1 saturated carbocycles. The van der Waals surface area contributed by atoms with E-state index in [9.17, 15) is 8.42 Å². The van der Waals surface area contributed by atoms with Gasteiger partial charge in [0, 0.05) is 19.1 Å². The topological polar surface area (TPSA) is 63.4 Å². The van der Waals surface area contributed by atoms with E-state index >= 15 is 0 Å². The summed E-state index contributed by atoms with van der Waals surface area (Å²) >= 11 is 0. The molecule has 2 unspecified atom stereocenters. The van der Waals surface area contributed by atoms with E-state index in [1.807, 2.05) is 6.92 Å². The third-order valence-corrected chi connectivity index (χ3v) is 5.48. The van der Waals surface area contributed by atoms with Crippen LogP contribution in [0.25, 0.3) is 0 Å². The molecule has 0 bridgehead atoms. The summed E-state index contributed by atoms with van der Waals surface area (Å²) in [5, 5.41) is 0. The quantitative estimate of drug-likeness (QED) is 0.766. The van der Waals surface area contributed by atoms with Gasteiger partial charge in [0.1, 0.15) is 0 Å². The SMILES string of the molecule is CC1CN(S(=O)(=O)CC2CC2)CCC1N. The largest absolute Gasteiger partial charge is 0.327 e. The minimum Gasteiger partial charge on any atom is -0.327 e. The third kappa shape index (κ3) is 2.71. The van der Waals surface area contributed by atoms with Crippen LogP contribution in [0.3, 0.4) is 0 Å². The van der Waals surface area contributed by atoms with Gasteiger partial charge in [0.25, 0.3) is 0 Å². The second-order valence-corrected chi connectivity index (χ2v) is 7.02. The number of nitrogens with two attached hydrogens (primary N) is 1. The van der Waals surface area contributed by atoms with Gasteiger partial charge < -0.3 is 5.73 Å². The van der Waals surface area contributed by atoms with Gasteiger partial charge in [-0.2, -0.15) is 0 Å². The summed E-state index contributed by atoms with van der Waals surface area (Å²) in [6.45, 7) is 3.25. The molecule has 2 aliphatic rings. The fraction of sp³-hybridized carbons (Fsp3) is 1.00. The molecule has 0 spiro atoms. The predicted octanol–water partition coefficient (Wildman–Crippen LogP) is 0.395. The number of sulfonamides is 1. The Morgan fingerprint density at radius 3 is 2.53 bits per heavy atom. The molecule has 1 aliphatic heterocycles. The highest BCUT2D eigenvalue weighted by molar-refractivity contribution is 7.89. The molecule has 0 aromatic carbocycles. The van der Waals surface area contributed by atoms with Gasteiger partial charge in [-0.05, 0) is 31.1 Å². The van der Waals surface area contributed by atoms with Crippen LogP contribution < -0.4 is 5.73 Å². The van der Waals surface area contributed by atoms with Gasteiger partial charge in [0.15, 0.2) is 0 Å². The third-order valence-electron chi connectivity index (χ3n) is 3.47. The monoisotopic (exact) mass is 232 g/mol. The zero-order valence-electron chi connectivity index (χ0n) is 9.22. The maximum atomic E-state index is 12.0. The summed E-state index contributed by atoms with van der Waals surface area (Å²) in [5.41, 5.74) is 5.88. The van der Waals surface area contributed by atoms with Crippen molar-refractivity contribution in [3.05, 3.63) is 0 Å². The number of rotatable bonds is 3. The van der Waals surface area contributed by atoms with Gasteiger partial charge in [-0.3, -0.25) is 0 Å². The zero-order chi connectivity index (χ0) is 11.1. The van der Waals surface area contributed by atoms with E-state index in [1.165, 1.54) is 0 Å². The predicted molar refractivity (Wildman–Crippen MR) is 59.8 cm³/mol. The molecule has 88 valence electrons. The lowest BCUT2D eigenvalue weighted by Gasteiger charge is -2.34. The highest BCUT2D eigenvalue weighted by atomic mass is 32.2. The fourth-order valence-corrected chi connectivity index (χ4v) is 4.05. The van der Waals surface area contributed by atoms with E-state index in [0.29, 0.717) is 24.8 Å². The number of nitrogens with zero attached hydrogens (tertiary/aromatic N) is 1. The zero-order valence-corrected chi connectivity index (χ0v) is 10.0. The minimum atomic E-state index is -3.00. The smallest absolute Gasteiger partial charge is 0.214 e. The van der Waals surface area contributed by atoms with E-state index in [4.69, 9.17) is 5.73 Å². The number of hydrogen-bond acceptors (Lipinski definition) is 3.